The molecule has 2 fully saturated rings. The number of nitrogens with zero attached hydrogens (tertiary/aromatic N) is 2. The van der Waals surface area contributed by atoms with Gasteiger partial charge in [-0.3, -0.25) is 4.90 Å². The largest absolute Gasteiger partial charge is 0.389 e. The van der Waals surface area contributed by atoms with Gasteiger partial charge in [0, 0.05) is 37.9 Å². The molecule has 3 nitrogen and oxygen atoms in total. The molecule has 2 aliphatic rings. The van der Waals surface area contributed by atoms with Crippen LogP contribution in [0.15, 0.2) is 24.3 Å². The Morgan fingerprint density at radius 2 is 1.67 bits per heavy atom. The fourth-order valence-corrected chi connectivity index (χ4v) is 2.75. The molecule has 0 aromatic heterocycles. The molecule has 1 aliphatic heterocycles. The zero-order chi connectivity index (χ0) is 12.5. The van der Waals surface area contributed by atoms with Crippen LogP contribution in [0.3, 0.4) is 0 Å². The Balaban J connectivity index is 1.61. The maximum Gasteiger partial charge on any atom is 0.0761 e. The summed E-state index contributed by atoms with van der Waals surface area (Å²) in [5.74, 6) is 0. The molecule has 18 heavy (non-hydrogen) atoms. The number of rotatable bonds is 3. The zero-order valence-electron chi connectivity index (χ0n) is 11.0. The first-order valence-electron chi connectivity index (χ1n) is 7.01. The van der Waals surface area contributed by atoms with Crippen LogP contribution >= 0.6 is 0 Å². The summed E-state index contributed by atoms with van der Waals surface area (Å²) in [5, 5.41) is 9.51. The molecule has 1 atom stereocenters. The van der Waals surface area contributed by atoms with E-state index in [1.54, 1.807) is 0 Å². The van der Waals surface area contributed by atoms with E-state index in [9.17, 15) is 5.11 Å². The van der Waals surface area contributed by atoms with E-state index >= 15 is 0 Å². The molecule has 0 radical (unpaired) electrons. The number of hydrogen-bond donors (Lipinski definition) is 1. The van der Waals surface area contributed by atoms with E-state index in [4.69, 9.17) is 0 Å². The minimum absolute atomic E-state index is 0.370. The molecule has 3 rings (SSSR count). The molecule has 1 unspecified atom stereocenters. The Morgan fingerprint density at radius 3 is 2.17 bits per heavy atom. The summed E-state index contributed by atoms with van der Waals surface area (Å²) < 4.78 is 0. The zero-order valence-corrected chi connectivity index (χ0v) is 11.0. The fraction of sp³-hybridized carbons (Fsp3) is 0.600. The molecule has 1 aromatic carbocycles. The number of piperazine rings is 1. The second kappa shape index (κ2) is 4.90. The molecular weight excluding hydrogens is 224 g/mol. The van der Waals surface area contributed by atoms with Crippen molar-refractivity contribution in [1.82, 2.24) is 4.90 Å². The van der Waals surface area contributed by atoms with Crippen LogP contribution in [-0.4, -0.2) is 42.2 Å². The topological polar surface area (TPSA) is 26.7 Å². The third kappa shape index (κ3) is 2.52. The third-order valence-electron chi connectivity index (χ3n) is 4.12. The number of hydrogen-bond acceptors (Lipinski definition) is 3. The summed E-state index contributed by atoms with van der Waals surface area (Å²) >= 11 is 0. The van der Waals surface area contributed by atoms with Gasteiger partial charge in [-0.2, -0.15) is 0 Å². The van der Waals surface area contributed by atoms with Crippen molar-refractivity contribution >= 4 is 5.69 Å². The summed E-state index contributed by atoms with van der Waals surface area (Å²) in [6.45, 7) is 6.46. The van der Waals surface area contributed by atoms with Gasteiger partial charge in [0.25, 0.3) is 0 Å². The predicted octanol–water partition coefficient (Wildman–Crippen LogP) is 2.02. The minimum Gasteiger partial charge on any atom is -0.389 e. The van der Waals surface area contributed by atoms with E-state index in [-0.39, 0.29) is 6.10 Å². The number of aliphatic hydroxyl groups excluding tert-OH is 1. The molecule has 0 bridgehead atoms. The van der Waals surface area contributed by atoms with Crippen LogP contribution in [0.4, 0.5) is 5.69 Å². The lowest BCUT2D eigenvalue weighted by atomic mass is 10.1. The maximum atomic E-state index is 9.51. The maximum absolute atomic E-state index is 9.51. The molecule has 1 aliphatic carbocycles. The van der Waals surface area contributed by atoms with Gasteiger partial charge in [-0.05, 0) is 37.5 Å². The Labute approximate surface area is 109 Å². The predicted molar refractivity (Wildman–Crippen MR) is 73.9 cm³/mol. The van der Waals surface area contributed by atoms with Crippen LogP contribution in [0.1, 0.15) is 31.4 Å². The van der Waals surface area contributed by atoms with Crippen LogP contribution < -0.4 is 4.90 Å². The molecule has 98 valence electrons. The molecule has 0 amide bonds. The first kappa shape index (κ1) is 12.0. The van der Waals surface area contributed by atoms with Crippen LogP contribution in [0.25, 0.3) is 0 Å². The number of aliphatic hydroxyl groups is 1. The Bertz CT molecular complexity index is 389. The molecule has 1 aromatic rings. The molecule has 3 heteroatoms. The van der Waals surface area contributed by atoms with Gasteiger partial charge < -0.3 is 10.0 Å². The summed E-state index contributed by atoms with van der Waals surface area (Å²) in [4.78, 5) is 5.07. The van der Waals surface area contributed by atoms with E-state index in [0.29, 0.717) is 0 Å². The van der Waals surface area contributed by atoms with Crippen molar-refractivity contribution in [3.05, 3.63) is 29.8 Å². The summed E-state index contributed by atoms with van der Waals surface area (Å²) in [7, 11) is 0. The second-order valence-corrected chi connectivity index (χ2v) is 5.52. The van der Waals surface area contributed by atoms with Gasteiger partial charge in [-0.1, -0.05) is 12.1 Å². The Hall–Kier alpha value is -1.06. The van der Waals surface area contributed by atoms with Crippen molar-refractivity contribution in [3.8, 4) is 0 Å². The Kier molecular flexibility index (Phi) is 3.27. The highest BCUT2D eigenvalue weighted by molar-refractivity contribution is 5.48. The van der Waals surface area contributed by atoms with E-state index < -0.39 is 0 Å². The third-order valence-corrected chi connectivity index (χ3v) is 4.12. The van der Waals surface area contributed by atoms with Crippen molar-refractivity contribution in [3.63, 3.8) is 0 Å². The summed E-state index contributed by atoms with van der Waals surface area (Å²) in [6.07, 6.45) is 2.44. The van der Waals surface area contributed by atoms with Crippen molar-refractivity contribution in [1.29, 1.82) is 0 Å². The lowest BCUT2D eigenvalue weighted by Crippen LogP contribution is -2.47. The van der Waals surface area contributed by atoms with Crippen molar-refractivity contribution < 1.29 is 5.11 Å². The van der Waals surface area contributed by atoms with Crippen LogP contribution in [0.5, 0.6) is 0 Å². The minimum atomic E-state index is -0.370. The van der Waals surface area contributed by atoms with Gasteiger partial charge in [0.15, 0.2) is 0 Å². The van der Waals surface area contributed by atoms with E-state index in [2.05, 4.69) is 21.9 Å². The highest BCUT2D eigenvalue weighted by atomic mass is 16.3. The lowest BCUT2D eigenvalue weighted by molar-refractivity contribution is 0.199. The summed E-state index contributed by atoms with van der Waals surface area (Å²) in [5.41, 5.74) is 2.28. The van der Waals surface area contributed by atoms with E-state index in [1.807, 2.05) is 19.1 Å². The normalized spacial score (nSPS) is 23.1. The van der Waals surface area contributed by atoms with Gasteiger partial charge in [0.2, 0.25) is 0 Å². The van der Waals surface area contributed by atoms with Gasteiger partial charge in [-0.25, -0.2) is 0 Å². The molecule has 1 saturated carbocycles. The molecular formula is C15H22N2O. The molecule has 0 spiro atoms. The van der Waals surface area contributed by atoms with Crippen molar-refractivity contribution in [2.45, 2.75) is 31.9 Å². The average molecular weight is 246 g/mol. The van der Waals surface area contributed by atoms with E-state index in [1.165, 1.54) is 31.6 Å². The highest BCUT2D eigenvalue weighted by Crippen LogP contribution is 2.28. The highest BCUT2D eigenvalue weighted by Gasteiger charge is 2.31. The lowest BCUT2D eigenvalue weighted by Gasteiger charge is -2.36. The van der Waals surface area contributed by atoms with Gasteiger partial charge >= 0.3 is 0 Å². The number of benzene rings is 1. The fourth-order valence-electron chi connectivity index (χ4n) is 2.75. The van der Waals surface area contributed by atoms with Crippen molar-refractivity contribution in [2.24, 2.45) is 0 Å². The first-order valence-corrected chi connectivity index (χ1v) is 7.01. The smallest absolute Gasteiger partial charge is 0.0761 e. The van der Waals surface area contributed by atoms with Crippen LogP contribution in [0, 0.1) is 0 Å². The van der Waals surface area contributed by atoms with Gasteiger partial charge in [0.05, 0.1) is 6.10 Å². The SMILES string of the molecule is CC(O)c1ccc(N2CCN(C3CC3)CC2)cc1. The monoisotopic (exact) mass is 246 g/mol. The van der Waals surface area contributed by atoms with Gasteiger partial charge in [-0.15, -0.1) is 0 Å². The standard InChI is InChI=1S/C15H22N2O/c1-12(18)13-2-4-14(5-3-13)16-8-10-17(11-9-16)15-6-7-15/h2-5,12,15,18H,6-11H2,1H3. The van der Waals surface area contributed by atoms with E-state index in [0.717, 1.165) is 24.7 Å². The van der Waals surface area contributed by atoms with Crippen LogP contribution in [0.2, 0.25) is 0 Å². The van der Waals surface area contributed by atoms with Crippen LogP contribution in [-0.2, 0) is 0 Å². The molecule has 1 saturated heterocycles. The average Bonchev–Trinajstić information content (AvgIpc) is 3.23. The van der Waals surface area contributed by atoms with Crippen molar-refractivity contribution in [2.75, 3.05) is 31.1 Å². The second-order valence-electron chi connectivity index (χ2n) is 5.52. The first-order chi connectivity index (χ1) is 8.74. The summed E-state index contributed by atoms with van der Waals surface area (Å²) in [6, 6.07) is 9.23. The number of anilines is 1. The Morgan fingerprint density at radius 1 is 1.06 bits per heavy atom. The molecule has 1 N–H and O–H groups in total. The quantitative estimate of drug-likeness (QED) is 0.884. The van der Waals surface area contributed by atoms with Gasteiger partial charge in [0.1, 0.15) is 0 Å². The molecule has 1 heterocycles.